The predicted octanol–water partition coefficient (Wildman–Crippen LogP) is 2.81. The molecule has 0 radical (unpaired) electrons. The second-order valence-electron chi connectivity index (χ2n) is 7.84. The van der Waals surface area contributed by atoms with E-state index in [9.17, 15) is 9.59 Å². The number of carbonyl (C=O) groups excluding carboxylic acids is 2. The number of nitrogens with one attached hydrogen (secondary N) is 1. The molecule has 1 fully saturated rings. The molecule has 2 aliphatic heterocycles. The third kappa shape index (κ3) is 4.51. The molecule has 2 aliphatic rings. The molecule has 1 atom stereocenters. The first-order valence-corrected chi connectivity index (χ1v) is 10.6. The average Bonchev–Trinajstić information content (AvgIpc) is 3.42. The highest BCUT2D eigenvalue weighted by atomic mass is 16.5. The van der Waals surface area contributed by atoms with Crippen LogP contribution >= 0.6 is 0 Å². The second-order valence-corrected chi connectivity index (χ2v) is 7.84. The van der Waals surface area contributed by atoms with Crippen molar-refractivity contribution in [3.05, 3.63) is 58.7 Å². The molecule has 2 heterocycles. The zero-order valence-corrected chi connectivity index (χ0v) is 18.0. The van der Waals surface area contributed by atoms with Crippen LogP contribution in [0.2, 0.25) is 0 Å². The molecule has 31 heavy (non-hydrogen) atoms. The minimum absolute atomic E-state index is 0.0897. The maximum Gasteiger partial charge on any atom is 0.255 e. The Bertz CT molecular complexity index is 968. The van der Waals surface area contributed by atoms with E-state index < -0.39 is 0 Å². The summed E-state index contributed by atoms with van der Waals surface area (Å²) in [6, 6.07) is 11.1. The van der Waals surface area contributed by atoms with E-state index >= 15 is 0 Å². The van der Waals surface area contributed by atoms with Crippen LogP contribution < -0.4 is 14.8 Å². The lowest BCUT2D eigenvalue weighted by molar-refractivity contribution is 0.0544. The number of rotatable bonds is 8. The lowest BCUT2D eigenvalue weighted by Crippen LogP contribution is -2.33. The number of fused-ring (bicyclic) bond motifs is 1. The molecular formula is C24H28N2O5. The Hall–Kier alpha value is -3.06. The van der Waals surface area contributed by atoms with E-state index in [1.807, 2.05) is 30.3 Å². The van der Waals surface area contributed by atoms with E-state index in [0.717, 1.165) is 36.3 Å². The van der Waals surface area contributed by atoms with Crippen molar-refractivity contribution in [3.63, 3.8) is 0 Å². The van der Waals surface area contributed by atoms with E-state index in [1.54, 1.807) is 25.2 Å². The van der Waals surface area contributed by atoms with Crippen LogP contribution in [-0.4, -0.2) is 56.7 Å². The molecule has 0 aliphatic carbocycles. The summed E-state index contributed by atoms with van der Waals surface area (Å²) in [6.45, 7) is 2.29. The average molecular weight is 424 g/mol. The Balaban J connectivity index is 1.40. The highest BCUT2D eigenvalue weighted by Gasteiger charge is 2.33. The van der Waals surface area contributed by atoms with Gasteiger partial charge >= 0.3 is 0 Å². The quantitative estimate of drug-likeness (QED) is 0.705. The summed E-state index contributed by atoms with van der Waals surface area (Å²) in [5.41, 5.74) is 2.81. The molecular weight excluding hydrogens is 396 g/mol. The molecule has 0 saturated carbocycles. The van der Waals surface area contributed by atoms with Gasteiger partial charge in [-0.15, -0.1) is 0 Å². The van der Waals surface area contributed by atoms with E-state index in [-0.39, 0.29) is 17.9 Å². The topological polar surface area (TPSA) is 77.1 Å². The first kappa shape index (κ1) is 21.2. The number of methoxy groups -OCH3 is 2. The van der Waals surface area contributed by atoms with Gasteiger partial charge < -0.3 is 24.4 Å². The third-order valence-electron chi connectivity index (χ3n) is 5.88. The molecule has 7 heteroatoms. The maximum absolute atomic E-state index is 13.0. The Morgan fingerprint density at radius 3 is 2.84 bits per heavy atom. The van der Waals surface area contributed by atoms with Gasteiger partial charge in [0.15, 0.2) is 0 Å². The number of ether oxygens (including phenoxy) is 3. The minimum Gasteiger partial charge on any atom is -0.497 e. The van der Waals surface area contributed by atoms with Crippen molar-refractivity contribution in [1.29, 1.82) is 0 Å². The Labute approximate surface area is 182 Å². The maximum atomic E-state index is 13.0. The molecule has 2 amide bonds. The van der Waals surface area contributed by atoms with Crippen LogP contribution in [0.15, 0.2) is 36.4 Å². The summed E-state index contributed by atoms with van der Waals surface area (Å²) >= 11 is 0. The molecule has 7 nitrogen and oxygen atoms in total. The number of hydrogen-bond acceptors (Lipinski definition) is 5. The van der Waals surface area contributed by atoms with Gasteiger partial charge in [0.2, 0.25) is 0 Å². The SMILES string of the molecule is COc1ccc(CCNC(=O)c2cccc3c2C(=O)N(CC2CCCO2)C3)c(OC)c1. The van der Waals surface area contributed by atoms with Gasteiger partial charge in [0.1, 0.15) is 11.5 Å². The summed E-state index contributed by atoms with van der Waals surface area (Å²) in [7, 11) is 3.22. The molecule has 2 aromatic rings. The molecule has 0 aromatic heterocycles. The fraction of sp³-hybridized carbons (Fsp3) is 0.417. The van der Waals surface area contributed by atoms with Crippen molar-refractivity contribution in [2.24, 2.45) is 0 Å². The minimum atomic E-state index is -0.239. The molecule has 164 valence electrons. The first-order valence-electron chi connectivity index (χ1n) is 10.6. The molecule has 0 bridgehead atoms. The van der Waals surface area contributed by atoms with Crippen LogP contribution in [0, 0.1) is 0 Å². The number of benzene rings is 2. The van der Waals surface area contributed by atoms with Crippen molar-refractivity contribution in [1.82, 2.24) is 10.2 Å². The van der Waals surface area contributed by atoms with E-state index in [4.69, 9.17) is 14.2 Å². The zero-order valence-electron chi connectivity index (χ0n) is 18.0. The van der Waals surface area contributed by atoms with Gasteiger partial charge in [-0.05, 0) is 42.5 Å². The fourth-order valence-electron chi connectivity index (χ4n) is 4.26. The van der Waals surface area contributed by atoms with Crippen molar-refractivity contribution >= 4 is 11.8 Å². The van der Waals surface area contributed by atoms with Gasteiger partial charge in [-0.1, -0.05) is 18.2 Å². The van der Waals surface area contributed by atoms with Gasteiger partial charge in [0, 0.05) is 32.3 Å². The molecule has 1 saturated heterocycles. The molecule has 2 aromatic carbocycles. The van der Waals surface area contributed by atoms with E-state index in [2.05, 4.69) is 5.32 Å². The van der Waals surface area contributed by atoms with Crippen LogP contribution in [-0.2, 0) is 17.7 Å². The van der Waals surface area contributed by atoms with Crippen LogP contribution in [0.1, 0.15) is 44.7 Å². The largest absolute Gasteiger partial charge is 0.497 e. The van der Waals surface area contributed by atoms with Gasteiger partial charge in [-0.25, -0.2) is 0 Å². The predicted molar refractivity (Wildman–Crippen MR) is 116 cm³/mol. The highest BCUT2D eigenvalue weighted by molar-refractivity contribution is 6.09. The molecule has 1 N–H and O–H groups in total. The van der Waals surface area contributed by atoms with E-state index in [1.165, 1.54) is 0 Å². The number of hydrogen-bond donors (Lipinski definition) is 1. The van der Waals surface area contributed by atoms with E-state index in [0.29, 0.717) is 42.9 Å². The molecule has 1 unspecified atom stereocenters. The smallest absolute Gasteiger partial charge is 0.255 e. The number of nitrogens with zero attached hydrogens (tertiary/aromatic N) is 1. The summed E-state index contributed by atoms with van der Waals surface area (Å²) < 4.78 is 16.3. The first-order chi connectivity index (χ1) is 15.1. The Kier molecular flexibility index (Phi) is 6.42. The molecule has 0 spiro atoms. The van der Waals surface area contributed by atoms with Crippen LogP contribution in [0.25, 0.3) is 0 Å². The fourth-order valence-corrected chi connectivity index (χ4v) is 4.26. The Morgan fingerprint density at radius 1 is 1.23 bits per heavy atom. The third-order valence-corrected chi connectivity index (χ3v) is 5.88. The lowest BCUT2D eigenvalue weighted by atomic mass is 10.0. The van der Waals surface area contributed by atoms with Crippen LogP contribution in [0.4, 0.5) is 0 Å². The summed E-state index contributed by atoms with van der Waals surface area (Å²) in [4.78, 5) is 27.7. The monoisotopic (exact) mass is 424 g/mol. The second kappa shape index (κ2) is 9.39. The van der Waals surface area contributed by atoms with Gasteiger partial charge in [-0.2, -0.15) is 0 Å². The van der Waals surface area contributed by atoms with Crippen molar-refractivity contribution < 1.29 is 23.8 Å². The van der Waals surface area contributed by atoms with Crippen molar-refractivity contribution in [3.8, 4) is 11.5 Å². The van der Waals surface area contributed by atoms with Gasteiger partial charge in [0.05, 0.1) is 31.5 Å². The van der Waals surface area contributed by atoms with Gasteiger partial charge in [0.25, 0.3) is 11.8 Å². The van der Waals surface area contributed by atoms with Crippen LogP contribution in [0.3, 0.4) is 0 Å². The molecule has 4 rings (SSSR count). The summed E-state index contributed by atoms with van der Waals surface area (Å²) in [5.74, 6) is 1.11. The number of carbonyl (C=O) groups is 2. The standard InChI is InChI=1S/C24H28N2O5/c1-29-18-9-8-16(21(13-18)30-2)10-11-25-23(27)20-7-3-5-17-14-26(24(28)22(17)20)15-19-6-4-12-31-19/h3,5,7-9,13,19H,4,6,10-12,14-15H2,1-2H3,(H,25,27). The van der Waals surface area contributed by atoms with Crippen LogP contribution in [0.5, 0.6) is 11.5 Å². The number of amides is 2. The van der Waals surface area contributed by atoms with Gasteiger partial charge in [-0.3, -0.25) is 9.59 Å². The Morgan fingerprint density at radius 2 is 2.10 bits per heavy atom. The summed E-state index contributed by atoms with van der Waals surface area (Å²) in [6.07, 6.45) is 2.71. The normalized spacial score (nSPS) is 17.5. The van der Waals surface area contributed by atoms with Crippen molar-refractivity contribution in [2.75, 3.05) is 33.9 Å². The van der Waals surface area contributed by atoms with Crippen molar-refractivity contribution in [2.45, 2.75) is 31.9 Å². The zero-order chi connectivity index (χ0) is 21.8. The highest BCUT2D eigenvalue weighted by Crippen LogP contribution is 2.28. The summed E-state index contributed by atoms with van der Waals surface area (Å²) in [5, 5.41) is 2.94. The lowest BCUT2D eigenvalue weighted by Gasteiger charge is -2.19.